The summed E-state index contributed by atoms with van der Waals surface area (Å²) in [5, 5.41) is 2.80. The maximum absolute atomic E-state index is 12.8. The summed E-state index contributed by atoms with van der Waals surface area (Å²) in [5.41, 5.74) is 3.06. The standard InChI is InChI=1S/C22H24N2O5/c1-24-9-8-14-6-4-5-7-18(14)19(24)13-20(25)23-17-11-15(21(26)28-2)10-16(12-17)22(27)29-3/h4-7,10-12,19H,8-9,13H2,1-3H3,(H,23,25). The van der Waals surface area contributed by atoms with E-state index in [0.29, 0.717) is 5.69 Å². The number of methoxy groups -OCH3 is 2. The zero-order chi connectivity index (χ0) is 21.0. The van der Waals surface area contributed by atoms with E-state index in [0.717, 1.165) is 18.5 Å². The lowest BCUT2D eigenvalue weighted by Gasteiger charge is -2.34. The monoisotopic (exact) mass is 396 g/mol. The molecule has 1 amide bonds. The molecule has 0 saturated carbocycles. The van der Waals surface area contributed by atoms with Gasteiger partial charge in [-0.3, -0.25) is 9.69 Å². The van der Waals surface area contributed by atoms with Gasteiger partial charge >= 0.3 is 11.9 Å². The van der Waals surface area contributed by atoms with Gasteiger partial charge in [0.25, 0.3) is 0 Å². The Morgan fingerprint density at radius 1 is 1.03 bits per heavy atom. The number of nitrogens with one attached hydrogen (secondary N) is 1. The first-order chi connectivity index (χ1) is 13.9. The molecule has 2 aromatic rings. The summed E-state index contributed by atoms with van der Waals surface area (Å²) in [5.74, 6) is -1.42. The lowest BCUT2D eigenvalue weighted by molar-refractivity contribution is -0.117. The summed E-state index contributed by atoms with van der Waals surface area (Å²) in [6, 6.07) is 12.4. The number of likely N-dealkylation sites (N-methyl/N-ethyl adjacent to an activating group) is 1. The van der Waals surface area contributed by atoms with Crippen LogP contribution in [-0.2, 0) is 20.7 Å². The van der Waals surface area contributed by atoms with Crippen LogP contribution in [0.5, 0.6) is 0 Å². The predicted octanol–water partition coefficient (Wildman–Crippen LogP) is 2.82. The van der Waals surface area contributed by atoms with E-state index in [2.05, 4.69) is 22.3 Å². The fourth-order valence-corrected chi connectivity index (χ4v) is 3.60. The second-order valence-corrected chi connectivity index (χ2v) is 6.98. The van der Waals surface area contributed by atoms with Crippen LogP contribution >= 0.6 is 0 Å². The quantitative estimate of drug-likeness (QED) is 0.783. The number of nitrogens with zero attached hydrogens (tertiary/aromatic N) is 1. The third-order valence-corrected chi connectivity index (χ3v) is 5.12. The molecule has 1 N–H and O–H groups in total. The first-order valence-corrected chi connectivity index (χ1v) is 9.32. The van der Waals surface area contributed by atoms with Gasteiger partial charge < -0.3 is 14.8 Å². The topological polar surface area (TPSA) is 84.9 Å². The van der Waals surface area contributed by atoms with Crippen molar-refractivity contribution in [3.05, 3.63) is 64.7 Å². The zero-order valence-electron chi connectivity index (χ0n) is 16.7. The third kappa shape index (κ3) is 4.63. The minimum Gasteiger partial charge on any atom is -0.465 e. The van der Waals surface area contributed by atoms with Gasteiger partial charge in [0.05, 0.1) is 25.3 Å². The summed E-state index contributed by atoms with van der Waals surface area (Å²) < 4.78 is 9.46. The predicted molar refractivity (Wildman–Crippen MR) is 108 cm³/mol. The maximum atomic E-state index is 12.8. The molecule has 7 heteroatoms. The van der Waals surface area contributed by atoms with Crippen LogP contribution in [0, 0.1) is 0 Å². The molecule has 1 aliphatic heterocycles. The summed E-state index contributed by atoms with van der Waals surface area (Å²) in [6.07, 6.45) is 1.21. The maximum Gasteiger partial charge on any atom is 0.337 e. The van der Waals surface area contributed by atoms with Crippen molar-refractivity contribution < 1.29 is 23.9 Å². The summed E-state index contributed by atoms with van der Waals surface area (Å²) in [6.45, 7) is 0.874. The average molecular weight is 396 g/mol. The molecule has 1 heterocycles. The average Bonchev–Trinajstić information content (AvgIpc) is 2.74. The minimum atomic E-state index is -0.604. The molecule has 7 nitrogen and oxygen atoms in total. The van der Waals surface area contributed by atoms with E-state index >= 15 is 0 Å². The number of rotatable bonds is 5. The molecule has 0 aliphatic carbocycles. The fourth-order valence-electron chi connectivity index (χ4n) is 3.60. The molecular formula is C22H24N2O5. The molecule has 0 bridgehead atoms. The number of benzene rings is 2. The van der Waals surface area contributed by atoms with Crippen LogP contribution in [0.1, 0.15) is 44.3 Å². The van der Waals surface area contributed by atoms with Gasteiger partial charge in [-0.15, -0.1) is 0 Å². The van der Waals surface area contributed by atoms with Crippen molar-refractivity contribution in [3.8, 4) is 0 Å². The van der Waals surface area contributed by atoms with E-state index in [1.54, 1.807) is 0 Å². The molecule has 29 heavy (non-hydrogen) atoms. The van der Waals surface area contributed by atoms with Crippen LogP contribution in [0.3, 0.4) is 0 Å². The molecule has 0 aromatic heterocycles. The molecule has 1 atom stereocenters. The third-order valence-electron chi connectivity index (χ3n) is 5.12. The Morgan fingerprint density at radius 3 is 2.28 bits per heavy atom. The molecule has 1 aliphatic rings. The fraction of sp³-hybridized carbons (Fsp3) is 0.318. The van der Waals surface area contributed by atoms with Gasteiger partial charge in [-0.2, -0.15) is 0 Å². The van der Waals surface area contributed by atoms with Crippen molar-refractivity contribution in [1.29, 1.82) is 0 Å². The minimum absolute atomic E-state index is 0.0381. The van der Waals surface area contributed by atoms with E-state index in [9.17, 15) is 14.4 Å². The largest absolute Gasteiger partial charge is 0.465 e. The van der Waals surface area contributed by atoms with Crippen LogP contribution in [-0.4, -0.2) is 50.6 Å². The van der Waals surface area contributed by atoms with E-state index in [-0.39, 0.29) is 29.5 Å². The van der Waals surface area contributed by atoms with Gasteiger partial charge in [-0.25, -0.2) is 9.59 Å². The number of carbonyl (C=O) groups excluding carboxylic acids is 3. The number of ether oxygens (including phenoxy) is 2. The summed E-state index contributed by atoms with van der Waals surface area (Å²) in [7, 11) is 4.50. The number of hydrogen-bond donors (Lipinski definition) is 1. The molecular weight excluding hydrogens is 372 g/mol. The molecule has 0 radical (unpaired) electrons. The van der Waals surface area contributed by atoms with Gasteiger partial charge in [0.2, 0.25) is 5.91 Å². The first kappa shape index (κ1) is 20.5. The van der Waals surface area contributed by atoms with Crippen LogP contribution in [0.15, 0.2) is 42.5 Å². The highest BCUT2D eigenvalue weighted by Gasteiger charge is 2.26. The highest BCUT2D eigenvalue weighted by atomic mass is 16.5. The van der Waals surface area contributed by atoms with Crippen molar-refractivity contribution in [2.75, 3.05) is 33.1 Å². The lowest BCUT2D eigenvalue weighted by Crippen LogP contribution is -2.34. The SMILES string of the molecule is COC(=O)c1cc(NC(=O)CC2c3ccccc3CCN2C)cc(C(=O)OC)c1. The smallest absolute Gasteiger partial charge is 0.337 e. The zero-order valence-corrected chi connectivity index (χ0v) is 16.7. The molecule has 0 spiro atoms. The van der Waals surface area contributed by atoms with E-state index in [1.807, 2.05) is 19.2 Å². The van der Waals surface area contributed by atoms with Crippen molar-refractivity contribution in [1.82, 2.24) is 4.90 Å². The van der Waals surface area contributed by atoms with Crippen molar-refractivity contribution in [2.45, 2.75) is 18.9 Å². The number of amides is 1. The van der Waals surface area contributed by atoms with E-state index < -0.39 is 11.9 Å². The molecule has 152 valence electrons. The van der Waals surface area contributed by atoms with Crippen LogP contribution in [0.4, 0.5) is 5.69 Å². The second-order valence-electron chi connectivity index (χ2n) is 6.98. The van der Waals surface area contributed by atoms with Gasteiger partial charge in [-0.1, -0.05) is 24.3 Å². The number of hydrogen-bond acceptors (Lipinski definition) is 6. The summed E-state index contributed by atoms with van der Waals surface area (Å²) >= 11 is 0. The first-order valence-electron chi connectivity index (χ1n) is 9.32. The Hall–Kier alpha value is -3.19. The van der Waals surface area contributed by atoms with Gasteiger partial charge in [0, 0.05) is 24.7 Å². The van der Waals surface area contributed by atoms with Crippen LogP contribution in [0.25, 0.3) is 0 Å². The number of esters is 2. The Balaban J connectivity index is 1.82. The Bertz CT molecular complexity index is 906. The van der Waals surface area contributed by atoms with E-state index in [1.165, 1.54) is 38.0 Å². The van der Waals surface area contributed by atoms with Crippen LogP contribution in [0.2, 0.25) is 0 Å². The Kier molecular flexibility index (Phi) is 6.29. The lowest BCUT2D eigenvalue weighted by atomic mass is 9.91. The van der Waals surface area contributed by atoms with Gasteiger partial charge in [0.1, 0.15) is 0 Å². The van der Waals surface area contributed by atoms with E-state index in [4.69, 9.17) is 9.47 Å². The Morgan fingerprint density at radius 2 is 1.66 bits per heavy atom. The summed E-state index contributed by atoms with van der Waals surface area (Å²) in [4.78, 5) is 38.8. The van der Waals surface area contributed by atoms with Crippen molar-refractivity contribution in [2.24, 2.45) is 0 Å². The van der Waals surface area contributed by atoms with Gasteiger partial charge in [-0.05, 0) is 42.8 Å². The molecule has 2 aromatic carbocycles. The molecule has 0 fully saturated rings. The molecule has 1 unspecified atom stereocenters. The van der Waals surface area contributed by atoms with Gasteiger partial charge in [0.15, 0.2) is 0 Å². The number of fused-ring (bicyclic) bond motifs is 1. The normalized spacial score (nSPS) is 15.9. The number of carbonyl (C=O) groups is 3. The highest BCUT2D eigenvalue weighted by Crippen LogP contribution is 2.31. The Labute approximate surface area is 169 Å². The van der Waals surface area contributed by atoms with Crippen molar-refractivity contribution in [3.63, 3.8) is 0 Å². The second kappa shape index (κ2) is 8.87. The molecule has 0 saturated heterocycles. The van der Waals surface area contributed by atoms with Crippen molar-refractivity contribution >= 4 is 23.5 Å². The highest BCUT2D eigenvalue weighted by molar-refractivity contribution is 5.99. The van der Waals surface area contributed by atoms with Crippen LogP contribution < -0.4 is 5.32 Å². The molecule has 3 rings (SSSR count). The number of anilines is 1.